The summed E-state index contributed by atoms with van der Waals surface area (Å²) in [5.41, 5.74) is 4.31. The highest BCUT2D eigenvalue weighted by atomic mass is 35.5. The quantitative estimate of drug-likeness (QED) is 0.383. The summed E-state index contributed by atoms with van der Waals surface area (Å²) in [4.78, 5) is 31.0. The Balaban J connectivity index is 1.66. The van der Waals surface area contributed by atoms with Gasteiger partial charge in [-0.05, 0) is 55.0 Å². The standard InChI is InChI=1S/C27H30Cl2N2O3/c1-3-17-7-5-9-20-22(15-30-26(17)20)21(18-10-11-23(28)24(29)13-18)14-25(32)31-12-6-8-19(16-31)27(33)34-4-2/h5,7,9-11,13,15,19,21,30H,3-4,6,8,12,14,16H2,1-2H3. The molecule has 0 aliphatic carbocycles. The second-order valence-electron chi connectivity index (χ2n) is 8.80. The number of hydrogen-bond acceptors (Lipinski definition) is 3. The fourth-order valence-electron chi connectivity index (χ4n) is 4.92. The highest BCUT2D eigenvalue weighted by molar-refractivity contribution is 6.42. The SMILES string of the molecule is CCOC(=O)C1CCCN(C(=O)CC(c2ccc(Cl)c(Cl)c2)c2c[nH]c3c(CC)cccc23)C1. The number of aromatic nitrogens is 1. The molecule has 2 unspecified atom stereocenters. The predicted molar refractivity (Wildman–Crippen MR) is 137 cm³/mol. The maximum Gasteiger partial charge on any atom is 0.310 e. The van der Waals surface area contributed by atoms with Crippen LogP contribution in [0, 0.1) is 5.92 Å². The molecule has 0 spiro atoms. The number of rotatable bonds is 7. The molecule has 7 heteroatoms. The zero-order chi connectivity index (χ0) is 24.2. The van der Waals surface area contributed by atoms with Crippen LogP contribution in [0.1, 0.15) is 55.7 Å². The van der Waals surface area contributed by atoms with Crippen molar-refractivity contribution in [2.24, 2.45) is 5.92 Å². The first-order chi connectivity index (χ1) is 16.4. The number of halogens is 2. The van der Waals surface area contributed by atoms with E-state index in [-0.39, 0.29) is 30.1 Å². The lowest BCUT2D eigenvalue weighted by atomic mass is 9.87. The van der Waals surface area contributed by atoms with E-state index in [4.69, 9.17) is 27.9 Å². The lowest BCUT2D eigenvalue weighted by molar-refractivity contribution is -0.151. The summed E-state index contributed by atoms with van der Waals surface area (Å²) in [5.74, 6) is -0.664. The van der Waals surface area contributed by atoms with Crippen LogP contribution in [0.15, 0.2) is 42.6 Å². The van der Waals surface area contributed by atoms with Gasteiger partial charge in [0.2, 0.25) is 5.91 Å². The molecule has 1 aliphatic heterocycles. The van der Waals surface area contributed by atoms with Crippen molar-refractivity contribution >= 4 is 46.0 Å². The van der Waals surface area contributed by atoms with E-state index >= 15 is 0 Å². The molecule has 3 aromatic rings. The molecule has 2 heterocycles. The average molecular weight is 501 g/mol. The number of hydrogen-bond donors (Lipinski definition) is 1. The monoisotopic (exact) mass is 500 g/mol. The summed E-state index contributed by atoms with van der Waals surface area (Å²) >= 11 is 12.6. The minimum atomic E-state index is -0.263. The van der Waals surface area contributed by atoms with Crippen LogP contribution >= 0.6 is 23.2 Å². The summed E-state index contributed by atoms with van der Waals surface area (Å²) in [6, 6.07) is 11.8. The third-order valence-electron chi connectivity index (χ3n) is 6.71. The van der Waals surface area contributed by atoms with Gasteiger partial charge in [0.25, 0.3) is 0 Å². The van der Waals surface area contributed by atoms with Crippen LogP contribution in [-0.2, 0) is 20.7 Å². The Kier molecular flexibility index (Phi) is 7.84. The van der Waals surface area contributed by atoms with Crippen LogP contribution in [0.2, 0.25) is 10.0 Å². The number of carbonyl (C=O) groups is 2. The number of amides is 1. The van der Waals surface area contributed by atoms with E-state index in [0.29, 0.717) is 29.7 Å². The van der Waals surface area contributed by atoms with E-state index in [9.17, 15) is 9.59 Å². The van der Waals surface area contributed by atoms with Gasteiger partial charge in [0.15, 0.2) is 0 Å². The number of piperidine rings is 1. The van der Waals surface area contributed by atoms with Crippen molar-refractivity contribution < 1.29 is 14.3 Å². The molecule has 0 radical (unpaired) electrons. The Morgan fingerprint density at radius 3 is 2.74 bits per heavy atom. The first kappa shape index (κ1) is 24.6. The van der Waals surface area contributed by atoms with Crippen LogP contribution in [0.4, 0.5) is 0 Å². The zero-order valence-corrected chi connectivity index (χ0v) is 21.1. The van der Waals surface area contributed by atoms with Gasteiger partial charge in [-0.1, -0.05) is 54.4 Å². The van der Waals surface area contributed by atoms with Gasteiger partial charge in [0, 0.05) is 42.5 Å². The van der Waals surface area contributed by atoms with Gasteiger partial charge >= 0.3 is 5.97 Å². The minimum absolute atomic E-state index is 0.0195. The van der Waals surface area contributed by atoms with Crippen LogP contribution in [0.25, 0.3) is 10.9 Å². The molecule has 1 fully saturated rings. The maximum atomic E-state index is 13.5. The summed E-state index contributed by atoms with van der Waals surface area (Å²) in [5, 5.41) is 2.05. The summed E-state index contributed by atoms with van der Waals surface area (Å²) in [7, 11) is 0. The number of likely N-dealkylation sites (tertiary alicyclic amines) is 1. The molecule has 1 saturated heterocycles. The number of ether oxygens (including phenoxy) is 1. The number of benzene rings is 2. The van der Waals surface area contributed by atoms with Crippen LogP contribution in [0.3, 0.4) is 0 Å². The molecular weight excluding hydrogens is 471 g/mol. The normalized spacial score (nSPS) is 17.1. The average Bonchev–Trinajstić information content (AvgIpc) is 3.28. The fraction of sp³-hybridized carbons (Fsp3) is 0.407. The van der Waals surface area contributed by atoms with Gasteiger partial charge in [-0.15, -0.1) is 0 Å². The number of carbonyl (C=O) groups excluding carboxylic acids is 2. The van der Waals surface area contributed by atoms with E-state index in [2.05, 4.69) is 30.1 Å². The van der Waals surface area contributed by atoms with Gasteiger partial charge in [0.1, 0.15) is 0 Å². The van der Waals surface area contributed by atoms with Crippen molar-refractivity contribution in [3.63, 3.8) is 0 Å². The maximum absolute atomic E-state index is 13.5. The number of para-hydroxylation sites is 1. The van der Waals surface area contributed by atoms with Crippen molar-refractivity contribution in [2.75, 3.05) is 19.7 Å². The number of fused-ring (bicyclic) bond motifs is 1. The number of aryl methyl sites for hydroxylation is 1. The van der Waals surface area contributed by atoms with Crippen molar-refractivity contribution in [3.05, 3.63) is 69.3 Å². The van der Waals surface area contributed by atoms with E-state index in [1.54, 1.807) is 13.0 Å². The Bertz CT molecular complexity index is 1190. The van der Waals surface area contributed by atoms with Gasteiger partial charge in [-0.25, -0.2) is 0 Å². The lowest BCUT2D eigenvalue weighted by Crippen LogP contribution is -2.43. The van der Waals surface area contributed by atoms with E-state index in [1.165, 1.54) is 5.56 Å². The van der Waals surface area contributed by atoms with E-state index < -0.39 is 0 Å². The smallest absolute Gasteiger partial charge is 0.310 e. The summed E-state index contributed by atoms with van der Waals surface area (Å²) in [6.45, 7) is 5.33. The number of aromatic amines is 1. The molecule has 2 aromatic carbocycles. The molecule has 0 bridgehead atoms. The Morgan fingerprint density at radius 1 is 1.18 bits per heavy atom. The molecule has 1 aliphatic rings. The third kappa shape index (κ3) is 5.11. The second-order valence-corrected chi connectivity index (χ2v) is 9.61. The molecule has 0 saturated carbocycles. The topological polar surface area (TPSA) is 62.4 Å². The second kappa shape index (κ2) is 10.8. The zero-order valence-electron chi connectivity index (χ0n) is 19.6. The van der Waals surface area contributed by atoms with E-state index in [1.807, 2.05) is 23.2 Å². The Labute approximate surface area is 210 Å². The van der Waals surface area contributed by atoms with Gasteiger partial charge in [-0.2, -0.15) is 0 Å². The summed E-state index contributed by atoms with van der Waals surface area (Å²) in [6.07, 6.45) is 4.73. The molecule has 4 rings (SSSR count). The highest BCUT2D eigenvalue weighted by Crippen LogP contribution is 2.37. The fourth-order valence-corrected chi connectivity index (χ4v) is 5.22. The predicted octanol–water partition coefficient (Wildman–Crippen LogP) is 6.36. The Hall–Kier alpha value is -2.50. The summed E-state index contributed by atoms with van der Waals surface area (Å²) < 4.78 is 5.20. The third-order valence-corrected chi connectivity index (χ3v) is 7.45. The van der Waals surface area contributed by atoms with Gasteiger partial charge < -0.3 is 14.6 Å². The van der Waals surface area contributed by atoms with E-state index in [0.717, 1.165) is 41.3 Å². The molecule has 2 atom stereocenters. The van der Waals surface area contributed by atoms with Crippen LogP contribution in [0.5, 0.6) is 0 Å². The molecular formula is C27H30Cl2N2O3. The first-order valence-corrected chi connectivity index (χ1v) is 12.7. The lowest BCUT2D eigenvalue weighted by Gasteiger charge is -2.32. The molecule has 5 nitrogen and oxygen atoms in total. The van der Waals surface area contributed by atoms with Crippen molar-refractivity contribution in [1.82, 2.24) is 9.88 Å². The number of esters is 1. The van der Waals surface area contributed by atoms with Crippen LogP contribution < -0.4 is 0 Å². The van der Waals surface area contributed by atoms with Gasteiger partial charge in [-0.3, -0.25) is 9.59 Å². The Morgan fingerprint density at radius 2 is 2.00 bits per heavy atom. The van der Waals surface area contributed by atoms with Crippen molar-refractivity contribution in [2.45, 2.75) is 45.4 Å². The number of nitrogens with one attached hydrogen (secondary N) is 1. The van der Waals surface area contributed by atoms with Crippen LogP contribution in [-0.4, -0.2) is 41.5 Å². The molecule has 1 amide bonds. The largest absolute Gasteiger partial charge is 0.466 e. The number of H-pyrrole nitrogens is 1. The minimum Gasteiger partial charge on any atom is -0.466 e. The van der Waals surface area contributed by atoms with Gasteiger partial charge in [0.05, 0.1) is 22.6 Å². The first-order valence-electron chi connectivity index (χ1n) is 11.9. The highest BCUT2D eigenvalue weighted by Gasteiger charge is 2.31. The van der Waals surface area contributed by atoms with Crippen molar-refractivity contribution in [1.29, 1.82) is 0 Å². The molecule has 1 aromatic heterocycles. The number of nitrogens with zero attached hydrogens (tertiary/aromatic N) is 1. The van der Waals surface area contributed by atoms with Crippen molar-refractivity contribution in [3.8, 4) is 0 Å². The molecule has 180 valence electrons. The molecule has 1 N–H and O–H groups in total. The molecule has 34 heavy (non-hydrogen) atoms.